The Morgan fingerprint density at radius 1 is 1.60 bits per heavy atom. The van der Waals surface area contributed by atoms with E-state index in [-0.39, 0.29) is 11.9 Å². The zero-order valence-electron chi connectivity index (χ0n) is 9.78. The van der Waals surface area contributed by atoms with Crippen LogP contribution in [-0.2, 0) is 4.79 Å². The third-order valence-corrected chi connectivity index (χ3v) is 2.80. The number of carbonyl (C=O) groups excluding carboxylic acids is 1. The van der Waals surface area contributed by atoms with Crippen LogP contribution in [0, 0.1) is 5.92 Å². The van der Waals surface area contributed by atoms with Crippen molar-refractivity contribution < 1.29 is 4.79 Å². The number of carbonyl (C=O) groups is 1. The van der Waals surface area contributed by atoms with Gasteiger partial charge in [0, 0.05) is 12.6 Å². The Balaban J connectivity index is 2.52. The van der Waals surface area contributed by atoms with Gasteiger partial charge in [0.05, 0.1) is 6.04 Å². The molecule has 1 amide bonds. The largest absolute Gasteiger partial charge is 0.339 e. The van der Waals surface area contributed by atoms with E-state index in [1.54, 1.807) is 6.08 Å². The summed E-state index contributed by atoms with van der Waals surface area (Å²) in [5.41, 5.74) is 5.80. The number of rotatable bonds is 6. The number of nitrogens with zero attached hydrogens (tertiary/aromatic N) is 1. The average Bonchev–Trinajstić information content (AvgIpc) is 2.96. The molecule has 0 bridgehead atoms. The van der Waals surface area contributed by atoms with Gasteiger partial charge >= 0.3 is 0 Å². The maximum absolute atomic E-state index is 12.0. The molecule has 15 heavy (non-hydrogen) atoms. The first-order valence-electron chi connectivity index (χ1n) is 5.73. The number of nitrogens with two attached hydrogens (primary N) is 1. The molecule has 1 atom stereocenters. The van der Waals surface area contributed by atoms with Crippen molar-refractivity contribution in [2.24, 2.45) is 11.7 Å². The lowest BCUT2D eigenvalue weighted by atomic mass is 10.1. The average molecular weight is 210 g/mol. The predicted molar refractivity (Wildman–Crippen MR) is 62.4 cm³/mol. The molecule has 0 heterocycles. The fourth-order valence-corrected chi connectivity index (χ4v) is 1.63. The SMILES string of the molecule is C=CCC(N)C(=O)N(CC1CC1)C(C)C. The Kier molecular flexibility index (Phi) is 4.33. The predicted octanol–water partition coefficient (Wildman–Crippen LogP) is 1.54. The van der Waals surface area contributed by atoms with Gasteiger partial charge in [0.1, 0.15) is 0 Å². The minimum absolute atomic E-state index is 0.0665. The van der Waals surface area contributed by atoms with Gasteiger partial charge in [-0.25, -0.2) is 0 Å². The highest BCUT2D eigenvalue weighted by Crippen LogP contribution is 2.30. The van der Waals surface area contributed by atoms with Crippen molar-refractivity contribution in [3.05, 3.63) is 12.7 Å². The molecular formula is C12H22N2O. The third-order valence-electron chi connectivity index (χ3n) is 2.80. The van der Waals surface area contributed by atoms with E-state index in [1.165, 1.54) is 12.8 Å². The molecule has 1 saturated carbocycles. The van der Waals surface area contributed by atoms with Crippen molar-refractivity contribution in [1.29, 1.82) is 0 Å². The molecule has 1 fully saturated rings. The van der Waals surface area contributed by atoms with Crippen LogP contribution in [0.1, 0.15) is 33.1 Å². The van der Waals surface area contributed by atoms with Crippen LogP contribution in [-0.4, -0.2) is 29.4 Å². The maximum Gasteiger partial charge on any atom is 0.240 e. The van der Waals surface area contributed by atoms with Gasteiger partial charge in [0.25, 0.3) is 0 Å². The molecule has 1 rings (SSSR count). The Labute approximate surface area is 92.3 Å². The van der Waals surface area contributed by atoms with Crippen LogP contribution in [0.25, 0.3) is 0 Å². The van der Waals surface area contributed by atoms with Gasteiger partial charge in [0.2, 0.25) is 5.91 Å². The van der Waals surface area contributed by atoms with Crippen molar-refractivity contribution in [2.45, 2.75) is 45.2 Å². The molecule has 0 aromatic carbocycles. The highest BCUT2D eigenvalue weighted by atomic mass is 16.2. The van der Waals surface area contributed by atoms with Gasteiger partial charge in [-0.2, -0.15) is 0 Å². The molecular weight excluding hydrogens is 188 g/mol. The molecule has 86 valence electrons. The summed E-state index contributed by atoms with van der Waals surface area (Å²) in [5, 5.41) is 0. The van der Waals surface area contributed by atoms with Gasteiger partial charge in [-0.15, -0.1) is 6.58 Å². The second kappa shape index (κ2) is 5.31. The van der Waals surface area contributed by atoms with E-state index >= 15 is 0 Å². The van der Waals surface area contributed by atoms with Crippen LogP contribution < -0.4 is 5.73 Å². The van der Waals surface area contributed by atoms with Crippen molar-refractivity contribution in [1.82, 2.24) is 4.90 Å². The Morgan fingerprint density at radius 3 is 2.60 bits per heavy atom. The summed E-state index contributed by atoms with van der Waals surface area (Å²) in [6.45, 7) is 8.57. The molecule has 0 aromatic rings. The Hall–Kier alpha value is -0.830. The second-order valence-corrected chi connectivity index (χ2v) is 4.66. The molecule has 0 saturated heterocycles. The minimum Gasteiger partial charge on any atom is -0.339 e. The highest BCUT2D eigenvalue weighted by Gasteiger charge is 2.29. The summed E-state index contributed by atoms with van der Waals surface area (Å²) in [7, 11) is 0. The lowest BCUT2D eigenvalue weighted by Gasteiger charge is -2.29. The van der Waals surface area contributed by atoms with Gasteiger partial charge in [-0.3, -0.25) is 4.79 Å². The minimum atomic E-state index is -0.413. The summed E-state index contributed by atoms with van der Waals surface area (Å²) < 4.78 is 0. The second-order valence-electron chi connectivity index (χ2n) is 4.66. The lowest BCUT2D eigenvalue weighted by molar-refractivity contribution is -0.134. The van der Waals surface area contributed by atoms with E-state index in [0.29, 0.717) is 12.3 Å². The smallest absolute Gasteiger partial charge is 0.240 e. The van der Waals surface area contributed by atoms with Gasteiger partial charge in [-0.1, -0.05) is 6.08 Å². The maximum atomic E-state index is 12.0. The van der Waals surface area contributed by atoms with E-state index in [2.05, 4.69) is 6.58 Å². The van der Waals surface area contributed by atoms with Gasteiger partial charge in [-0.05, 0) is 39.0 Å². The Morgan fingerprint density at radius 2 is 2.20 bits per heavy atom. The van der Waals surface area contributed by atoms with Gasteiger partial charge in [0.15, 0.2) is 0 Å². The molecule has 1 aliphatic rings. The molecule has 0 aliphatic heterocycles. The quantitative estimate of drug-likeness (QED) is 0.676. The zero-order chi connectivity index (χ0) is 11.4. The summed E-state index contributed by atoms with van der Waals surface area (Å²) in [6.07, 6.45) is 4.78. The first kappa shape index (κ1) is 12.2. The molecule has 3 nitrogen and oxygen atoms in total. The standard InChI is InChI=1S/C12H22N2O/c1-4-5-11(13)12(15)14(9(2)3)8-10-6-7-10/h4,9-11H,1,5-8,13H2,2-3H3. The van der Waals surface area contributed by atoms with Gasteiger partial charge < -0.3 is 10.6 Å². The van der Waals surface area contributed by atoms with Crippen LogP contribution in [0.4, 0.5) is 0 Å². The fraction of sp³-hybridized carbons (Fsp3) is 0.750. The van der Waals surface area contributed by atoms with Crippen molar-refractivity contribution in [2.75, 3.05) is 6.54 Å². The van der Waals surface area contributed by atoms with Crippen molar-refractivity contribution in [3.8, 4) is 0 Å². The molecule has 3 heteroatoms. The van der Waals surface area contributed by atoms with Crippen LogP contribution in [0.2, 0.25) is 0 Å². The number of hydrogen-bond donors (Lipinski definition) is 1. The summed E-state index contributed by atoms with van der Waals surface area (Å²) in [5.74, 6) is 0.782. The van der Waals surface area contributed by atoms with Crippen LogP contribution in [0.5, 0.6) is 0 Å². The Bertz CT molecular complexity index is 234. The highest BCUT2D eigenvalue weighted by molar-refractivity contribution is 5.82. The fourth-order valence-electron chi connectivity index (χ4n) is 1.63. The topological polar surface area (TPSA) is 46.3 Å². The summed E-state index contributed by atoms with van der Waals surface area (Å²) in [6, 6.07) is -0.169. The molecule has 0 spiro atoms. The monoisotopic (exact) mass is 210 g/mol. The lowest BCUT2D eigenvalue weighted by Crippen LogP contribution is -2.47. The van der Waals surface area contributed by atoms with Crippen molar-refractivity contribution >= 4 is 5.91 Å². The van der Waals surface area contributed by atoms with Crippen LogP contribution in [0.15, 0.2) is 12.7 Å². The third kappa shape index (κ3) is 3.67. The van der Waals surface area contributed by atoms with Crippen LogP contribution in [0.3, 0.4) is 0 Å². The number of amides is 1. The van der Waals surface area contributed by atoms with E-state index in [1.807, 2.05) is 18.7 Å². The summed E-state index contributed by atoms with van der Waals surface area (Å²) in [4.78, 5) is 13.9. The molecule has 0 aromatic heterocycles. The van der Waals surface area contributed by atoms with E-state index in [9.17, 15) is 4.79 Å². The molecule has 1 aliphatic carbocycles. The van der Waals surface area contributed by atoms with E-state index < -0.39 is 6.04 Å². The normalized spacial score (nSPS) is 17.6. The zero-order valence-corrected chi connectivity index (χ0v) is 9.78. The first-order valence-corrected chi connectivity index (χ1v) is 5.73. The van der Waals surface area contributed by atoms with E-state index in [4.69, 9.17) is 5.73 Å². The van der Waals surface area contributed by atoms with Crippen molar-refractivity contribution in [3.63, 3.8) is 0 Å². The molecule has 2 N–H and O–H groups in total. The van der Waals surface area contributed by atoms with Crippen LogP contribution >= 0.6 is 0 Å². The summed E-state index contributed by atoms with van der Waals surface area (Å²) >= 11 is 0. The first-order chi connectivity index (χ1) is 7.06. The molecule has 0 radical (unpaired) electrons. The molecule has 1 unspecified atom stereocenters. The van der Waals surface area contributed by atoms with E-state index in [0.717, 1.165) is 6.54 Å². The number of hydrogen-bond acceptors (Lipinski definition) is 2.